The monoisotopic (exact) mass is 334 g/mol. The number of hydrogen-bond acceptors (Lipinski definition) is 5. The summed E-state index contributed by atoms with van der Waals surface area (Å²) in [5.74, 6) is 0.807. The number of nitrogen functional groups attached to an aromatic ring is 1. The maximum absolute atomic E-state index is 5.82. The highest BCUT2D eigenvalue weighted by molar-refractivity contribution is 9.10. The minimum absolute atomic E-state index is 0.712. The molecule has 0 bridgehead atoms. The maximum atomic E-state index is 5.82. The van der Waals surface area contributed by atoms with Gasteiger partial charge < -0.3 is 11.1 Å². The molecular formula is C13H11BrN4S. The molecule has 96 valence electrons. The number of nitrogens with two attached hydrogens (primary N) is 1. The molecule has 2 heterocycles. The van der Waals surface area contributed by atoms with E-state index in [1.165, 1.54) is 4.88 Å². The highest BCUT2D eigenvalue weighted by atomic mass is 79.9. The van der Waals surface area contributed by atoms with Crippen LogP contribution in [-0.2, 0) is 6.54 Å². The molecule has 1 aromatic carbocycles. The molecule has 0 radical (unpaired) electrons. The van der Waals surface area contributed by atoms with Crippen molar-refractivity contribution in [3.05, 3.63) is 45.3 Å². The standard InChI is InChI=1S/C13H11BrN4S/c14-8-3-10(19-6-8)5-16-13-11-4-9(15)1-2-12(11)17-7-18-13/h1-4,6-7H,5,15H2,(H,16,17,18). The van der Waals surface area contributed by atoms with Gasteiger partial charge in [-0.2, -0.15) is 0 Å². The van der Waals surface area contributed by atoms with Crippen LogP contribution in [0.2, 0.25) is 0 Å². The summed E-state index contributed by atoms with van der Waals surface area (Å²) in [6.45, 7) is 0.733. The van der Waals surface area contributed by atoms with Crippen LogP contribution in [0.5, 0.6) is 0 Å². The molecule has 3 aromatic rings. The van der Waals surface area contributed by atoms with E-state index in [1.807, 2.05) is 18.2 Å². The number of fused-ring (bicyclic) bond motifs is 1. The van der Waals surface area contributed by atoms with Crippen LogP contribution in [0.25, 0.3) is 10.9 Å². The van der Waals surface area contributed by atoms with Gasteiger partial charge in [-0.15, -0.1) is 11.3 Å². The number of benzene rings is 1. The van der Waals surface area contributed by atoms with Crippen molar-refractivity contribution in [1.29, 1.82) is 0 Å². The third-order valence-corrected chi connectivity index (χ3v) is 4.41. The van der Waals surface area contributed by atoms with Crippen molar-refractivity contribution >= 4 is 49.7 Å². The lowest BCUT2D eigenvalue weighted by Crippen LogP contribution is -2.01. The van der Waals surface area contributed by atoms with Gasteiger partial charge in [0, 0.05) is 25.8 Å². The summed E-state index contributed by atoms with van der Waals surface area (Å²) in [4.78, 5) is 9.75. The highest BCUT2D eigenvalue weighted by Gasteiger charge is 2.04. The van der Waals surface area contributed by atoms with E-state index in [0.29, 0.717) is 5.69 Å². The Bertz CT molecular complexity index is 725. The van der Waals surface area contributed by atoms with Gasteiger partial charge in [-0.3, -0.25) is 0 Å². The summed E-state index contributed by atoms with van der Waals surface area (Å²) < 4.78 is 1.10. The summed E-state index contributed by atoms with van der Waals surface area (Å²) in [7, 11) is 0. The smallest absolute Gasteiger partial charge is 0.137 e. The number of aromatic nitrogens is 2. The lowest BCUT2D eigenvalue weighted by Gasteiger charge is -2.07. The second kappa shape index (κ2) is 5.14. The summed E-state index contributed by atoms with van der Waals surface area (Å²) in [6.07, 6.45) is 1.56. The SMILES string of the molecule is Nc1ccc2ncnc(NCc3cc(Br)cs3)c2c1. The average Bonchev–Trinajstić information content (AvgIpc) is 2.82. The van der Waals surface area contributed by atoms with Gasteiger partial charge in [0.25, 0.3) is 0 Å². The minimum atomic E-state index is 0.712. The fourth-order valence-electron chi connectivity index (χ4n) is 1.83. The molecule has 0 saturated carbocycles. The number of hydrogen-bond donors (Lipinski definition) is 2. The van der Waals surface area contributed by atoms with Crippen molar-refractivity contribution in [1.82, 2.24) is 9.97 Å². The first-order valence-electron chi connectivity index (χ1n) is 5.69. The number of halogens is 1. The van der Waals surface area contributed by atoms with Crippen LogP contribution in [0.3, 0.4) is 0 Å². The molecule has 0 unspecified atom stereocenters. The summed E-state index contributed by atoms with van der Waals surface area (Å²) >= 11 is 5.15. The van der Waals surface area contributed by atoms with Crippen LogP contribution in [0.15, 0.2) is 40.4 Å². The maximum Gasteiger partial charge on any atom is 0.137 e. The van der Waals surface area contributed by atoms with Crippen molar-refractivity contribution in [2.24, 2.45) is 0 Å². The minimum Gasteiger partial charge on any atom is -0.399 e. The Morgan fingerprint density at radius 1 is 1.26 bits per heavy atom. The highest BCUT2D eigenvalue weighted by Crippen LogP contribution is 2.24. The molecule has 6 heteroatoms. The number of nitrogens with zero attached hydrogens (tertiary/aromatic N) is 2. The van der Waals surface area contributed by atoms with Crippen molar-refractivity contribution in [3.8, 4) is 0 Å². The Balaban J connectivity index is 1.90. The Hall–Kier alpha value is -1.66. The topological polar surface area (TPSA) is 63.8 Å². The van der Waals surface area contributed by atoms with E-state index in [9.17, 15) is 0 Å². The Morgan fingerprint density at radius 2 is 2.16 bits per heavy atom. The van der Waals surface area contributed by atoms with Gasteiger partial charge in [-0.1, -0.05) is 0 Å². The number of thiophene rings is 1. The molecule has 0 fully saturated rings. The molecule has 3 rings (SSSR count). The fraction of sp³-hybridized carbons (Fsp3) is 0.0769. The van der Waals surface area contributed by atoms with Gasteiger partial charge in [-0.05, 0) is 40.2 Å². The zero-order valence-corrected chi connectivity index (χ0v) is 12.3. The molecule has 0 atom stereocenters. The van der Waals surface area contributed by atoms with Gasteiger partial charge in [0.15, 0.2) is 0 Å². The quantitative estimate of drug-likeness (QED) is 0.717. The van der Waals surface area contributed by atoms with E-state index in [-0.39, 0.29) is 0 Å². The van der Waals surface area contributed by atoms with E-state index in [0.717, 1.165) is 27.7 Å². The van der Waals surface area contributed by atoms with Crippen LogP contribution in [-0.4, -0.2) is 9.97 Å². The van der Waals surface area contributed by atoms with Gasteiger partial charge >= 0.3 is 0 Å². The summed E-state index contributed by atoms with van der Waals surface area (Å²) in [5, 5.41) is 6.33. The van der Waals surface area contributed by atoms with E-state index in [4.69, 9.17) is 5.73 Å². The van der Waals surface area contributed by atoms with Gasteiger partial charge in [0.05, 0.1) is 12.1 Å². The second-order valence-corrected chi connectivity index (χ2v) is 6.00. The Labute approximate surface area is 122 Å². The number of rotatable bonds is 3. The third kappa shape index (κ3) is 2.69. The largest absolute Gasteiger partial charge is 0.399 e. The Kier molecular flexibility index (Phi) is 3.35. The van der Waals surface area contributed by atoms with Crippen LogP contribution in [0, 0.1) is 0 Å². The van der Waals surface area contributed by atoms with E-state index in [2.05, 4.69) is 42.7 Å². The predicted molar refractivity (Wildman–Crippen MR) is 83.3 cm³/mol. The second-order valence-electron chi connectivity index (χ2n) is 4.08. The van der Waals surface area contributed by atoms with E-state index in [1.54, 1.807) is 17.7 Å². The van der Waals surface area contributed by atoms with Crippen molar-refractivity contribution in [2.75, 3.05) is 11.1 Å². The van der Waals surface area contributed by atoms with Crippen molar-refractivity contribution in [2.45, 2.75) is 6.54 Å². The molecular weight excluding hydrogens is 324 g/mol. The lowest BCUT2D eigenvalue weighted by atomic mass is 10.2. The normalized spacial score (nSPS) is 10.8. The first kappa shape index (κ1) is 12.4. The summed E-state index contributed by atoms with van der Waals surface area (Å²) in [5.41, 5.74) is 7.42. The molecule has 0 amide bonds. The zero-order chi connectivity index (χ0) is 13.2. The molecule has 0 aliphatic rings. The molecule has 3 N–H and O–H groups in total. The molecule has 0 aliphatic carbocycles. The molecule has 4 nitrogen and oxygen atoms in total. The van der Waals surface area contributed by atoms with Gasteiger partial charge in [0.2, 0.25) is 0 Å². The van der Waals surface area contributed by atoms with Crippen LogP contribution >= 0.6 is 27.3 Å². The van der Waals surface area contributed by atoms with Crippen LogP contribution in [0.1, 0.15) is 4.88 Å². The Morgan fingerprint density at radius 3 is 2.95 bits per heavy atom. The average molecular weight is 335 g/mol. The van der Waals surface area contributed by atoms with Gasteiger partial charge in [0.1, 0.15) is 12.1 Å². The number of anilines is 2. The van der Waals surface area contributed by atoms with Crippen molar-refractivity contribution < 1.29 is 0 Å². The number of nitrogens with one attached hydrogen (secondary N) is 1. The predicted octanol–water partition coefficient (Wildman–Crippen LogP) is 3.65. The van der Waals surface area contributed by atoms with E-state index >= 15 is 0 Å². The zero-order valence-electron chi connectivity index (χ0n) is 9.93. The third-order valence-electron chi connectivity index (χ3n) is 2.71. The molecule has 0 spiro atoms. The first-order valence-corrected chi connectivity index (χ1v) is 7.36. The summed E-state index contributed by atoms with van der Waals surface area (Å²) in [6, 6.07) is 7.73. The molecule has 2 aromatic heterocycles. The van der Waals surface area contributed by atoms with Gasteiger partial charge in [-0.25, -0.2) is 9.97 Å². The van der Waals surface area contributed by atoms with E-state index < -0.39 is 0 Å². The molecule has 0 aliphatic heterocycles. The molecule has 19 heavy (non-hydrogen) atoms. The fourth-order valence-corrected chi connectivity index (χ4v) is 3.22. The molecule has 0 saturated heterocycles. The lowest BCUT2D eigenvalue weighted by molar-refractivity contribution is 1.13. The van der Waals surface area contributed by atoms with Crippen LogP contribution < -0.4 is 11.1 Å². The first-order chi connectivity index (χ1) is 9.22. The van der Waals surface area contributed by atoms with Crippen molar-refractivity contribution in [3.63, 3.8) is 0 Å². The van der Waals surface area contributed by atoms with Crippen LogP contribution in [0.4, 0.5) is 11.5 Å².